The Labute approximate surface area is 215 Å². The van der Waals surface area contributed by atoms with Crippen LogP contribution < -0.4 is 0 Å². The van der Waals surface area contributed by atoms with E-state index in [1.807, 2.05) is 23.9 Å². The van der Waals surface area contributed by atoms with Gasteiger partial charge >= 0.3 is 5.97 Å². The Morgan fingerprint density at radius 2 is 2.18 bits per heavy atom. The van der Waals surface area contributed by atoms with Gasteiger partial charge in [-0.05, 0) is 68.1 Å². The zero-order valence-corrected chi connectivity index (χ0v) is 22.4. The number of hydrogen-bond acceptors (Lipinski definition) is 6. The minimum absolute atomic E-state index is 0.0498. The number of thioether (sulfide) groups is 1. The molecule has 1 aromatic heterocycles. The number of rotatable bonds is 13. The van der Waals surface area contributed by atoms with Gasteiger partial charge in [0, 0.05) is 16.0 Å². The highest BCUT2D eigenvalue weighted by Gasteiger charge is 2.34. The number of halogens is 2. The molecule has 1 aliphatic carbocycles. The predicted molar refractivity (Wildman–Crippen MR) is 138 cm³/mol. The lowest BCUT2D eigenvalue weighted by atomic mass is 9.92. The van der Waals surface area contributed by atoms with Crippen LogP contribution in [0.4, 0.5) is 4.39 Å². The number of aromatic nitrogens is 1. The molecule has 4 nitrogen and oxygen atoms in total. The van der Waals surface area contributed by atoms with Crippen LogP contribution in [0, 0.1) is 17.8 Å². The quantitative estimate of drug-likeness (QED) is 0.127. The number of ether oxygens (including phenoxy) is 1. The van der Waals surface area contributed by atoms with Crippen molar-refractivity contribution in [3.8, 4) is 0 Å². The molecule has 0 aliphatic heterocycles. The number of aliphatic hydroxyl groups excluding tert-OH is 1. The van der Waals surface area contributed by atoms with Crippen molar-refractivity contribution < 1.29 is 19.0 Å². The molecule has 4 atom stereocenters. The number of unbranched alkanes of at least 4 members (excludes halogenated alkanes) is 2. The summed E-state index contributed by atoms with van der Waals surface area (Å²) in [5, 5.41) is 11.3. The van der Waals surface area contributed by atoms with Crippen LogP contribution in [0.1, 0.15) is 84.6 Å². The number of methoxy groups -OCH3 is 1. The molecule has 1 aromatic carbocycles. The second-order valence-electron chi connectivity index (χ2n) is 9.02. The summed E-state index contributed by atoms with van der Waals surface area (Å²) in [7, 11) is 1.24. The first-order chi connectivity index (χ1) is 16.4. The van der Waals surface area contributed by atoms with Gasteiger partial charge in [0.2, 0.25) is 5.95 Å². The van der Waals surface area contributed by atoms with E-state index in [4.69, 9.17) is 11.6 Å². The highest BCUT2D eigenvalue weighted by Crippen LogP contribution is 2.42. The summed E-state index contributed by atoms with van der Waals surface area (Å²) in [5.74, 6) is 0.496. The molecular weight excluding hydrogens is 493 g/mol. The van der Waals surface area contributed by atoms with E-state index in [2.05, 4.69) is 28.8 Å². The molecule has 0 amide bonds. The molecule has 8 heteroatoms. The van der Waals surface area contributed by atoms with Crippen LogP contribution in [0.5, 0.6) is 0 Å². The van der Waals surface area contributed by atoms with Gasteiger partial charge in [-0.2, -0.15) is 4.39 Å². The highest BCUT2D eigenvalue weighted by atomic mass is 35.5. The fourth-order valence-corrected chi connectivity index (χ4v) is 7.35. The summed E-state index contributed by atoms with van der Waals surface area (Å²) in [6.07, 6.45) is 8.44. The van der Waals surface area contributed by atoms with Crippen LogP contribution in [0.3, 0.4) is 0 Å². The van der Waals surface area contributed by atoms with Crippen molar-refractivity contribution in [1.82, 2.24) is 4.98 Å². The number of carbonyl (C=O) groups excluding carboxylic acids is 1. The normalized spacial score (nSPS) is 21.0. The van der Waals surface area contributed by atoms with E-state index in [1.54, 1.807) is 0 Å². The summed E-state index contributed by atoms with van der Waals surface area (Å²) in [6.45, 7) is 2.17. The Balaban J connectivity index is 1.50. The maximum atomic E-state index is 13.9. The molecule has 188 valence electrons. The Bertz CT molecular complexity index is 925. The van der Waals surface area contributed by atoms with Gasteiger partial charge in [-0.25, -0.2) is 9.78 Å². The Morgan fingerprint density at radius 3 is 2.94 bits per heavy atom. The van der Waals surface area contributed by atoms with Crippen LogP contribution in [0.2, 0.25) is 0 Å². The molecule has 0 radical (unpaired) electrons. The molecule has 1 heterocycles. The van der Waals surface area contributed by atoms with E-state index in [9.17, 15) is 14.3 Å². The number of aryl methyl sites for hydroxylation is 1. The molecular formula is C26H35ClFNO3S2. The summed E-state index contributed by atoms with van der Waals surface area (Å²) in [5.41, 5.74) is 0.994. The van der Waals surface area contributed by atoms with Crippen molar-refractivity contribution in [3.05, 3.63) is 45.7 Å². The molecule has 34 heavy (non-hydrogen) atoms. The SMILES string of the molecule is CCCCCC(O)c1cccc(SCC2C(Cl)CC[C@@H]2CCCc2nc(F)c(C(=O)OC)s2)c1. The Kier molecular flexibility index (Phi) is 11.1. The van der Waals surface area contributed by atoms with Crippen LogP contribution in [-0.2, 0) is 11.2 Å². The number of aliphatic hydroxyl groups is 1. The van der Waals surface area contributed by atoms with Crippen molar-refractivity contribution >= 4 is 40.7 Å². The number of nitrogens with zero attached hydrogens (tertiary/aromatic N) is 1. The average Bonchev–Trinajstić information content (AvgIpc) is 3.39. The third-order valence-electron chi connectivity index (χ3n) is 6.62. The van der Waals surface area contributed by atoms with Gasteiger partial charge < -0.3 is 9.84 Å². The summed E-state index contributed by atoms with van der Waals surface area (Å²) >= 11 is 9.60. The first kappa shape index (κ1) is 27.4. The fourth-order valence-electron chi connectivity index (χ4n) is 4.64. The molecule has 1 N–H and O–H groups in total. The molecule has 2 aromatic rings. The van der Waals surface area contributed by atoms with Gasteiger partial charge in [0.15, 0.2) is 4.88 Å². The van der Waals surface area contributed by atoms with E-state index in [0.29, 0.717) is 23.3 Å². The largest absolute Gasteiger partial charge is 0.465 e. The van der Waals surface area contributed by atoms with Crippen molar-refractivity contribution in [2.45, 2.75) is 81.1 Å². The number of thiazole rings is 1. The minimum atomic E-state index is -0.736. The monoisotopic (exact) mass is 527 g/mol. The zero-order chi connectivity index (χ0) is 24.5. The fraction of sp³-hybridized carbons (Fsp3) is 0.615. The number of esters is 1. The van der Waals surface area contributed by atoms with Crippen molar-refractivity contribution in [3.63, 3.8) is 0 Å². The van der Waals surface area contributed by atoms with Crippen LogP contribution in [0.15, 0.2) is 29.2 Å². The van der Waals surface area contributed by atoms with Gasteiger partial charge in [-0.3, -0.25) is 0 Å². The van der Waals surface area contributed by atoms with Gasteiger partial charge in [-0.15, -0.1) is 34.7 Å². The first-order valence-corrected chi connectivity index (χ1v) is 14.4. The third kappa shape index (κ3) is 7.67. The zero-order valence-electron chi connectivity index (χ0n) is 20.0. The number of carbonyl (C=O) groups is 1. The first-order valence-electron chi connectivity index (χ1n) is 12.2. The molecule has 3 unspecified atom stereocenters. The predicted octanol–water partition coefficient (Wildman–Crippen LogP) is 7.43. The molecule has 0 saturated heterocycles. The third-order valence-corrected chi connectivity index (χ3v) is 9.37. The van der Waals surface area contributed by atoms with Crippen LogP contribution in [-0.4, -0.2) is 34.3 Å². The topological polar surface area (TPSA) is 59.4 Å². The van der Waals surface area contributed by atoms with Gasteiger partial charge in [-0.1, -0.05) is 38.3 Å². The van der Waals surface area contributed by atoms with Gasteiger partial charge in [0.05, 0.1) is 18.2 Å². The molecule has 3 rings (SSSR count). The Hall–Kier alpha value is -1.15. The van der Waals surface area contributed by atoms with E-state index in [1.165, 1.54) is 12.0 Å². The van der Waals surface area contributed by atoms with E-state index < -0.39 is 18.0 Å². The smallest absolute Gasteiger partial charge is 0.352 e. The average molecular weight is 528 g/mol. The number of alkyl halides is 1. The summed E-state index contributed by atoms with van der Waals surface area (Å²) < 4.78 is 18.5. The lowest BCUT2D eigenvalue weighted by molar-refractivity contribution is 0.0601. The second kappa shape index (κ2) is 13.8. The number of hydrogen-bond donors (Lipinski definition) is 1. The highest BCUT2D eigenvalue weighted by molar-refractivity contribution is 7.99. The minimum Gasteiger partial charge on any atom is -0.465 e. The Morgan fingerprint density at radius 1 is 1.35 bits per heavy atom. The van der Waals surface area contributed by atoms with Crippen molar-refractivity contribution in [1.29, 1.82) is 0 Å². The van der Waals surface area contributed by atoms with E-state index >= 15 is 0 Å². The summed E-state index contributed by atoms with van der Waals surface area (Å²) in [6, 6.07) is 8.26. The van der Waals surface area contributed by atoms with Gasteiger partial charge in [0.25, 0.3) is 0 Å². The molecule has 1 saturated carbocycles. The van der Waals surface area contributed by atoms with E-state index in [-0.39, 0.29) is 10.3 Å². The van der Waals surface area contributed by atoms with Crippen molar-refractivity contribution in [2.75, 3.05) is 12.9 Å². The maximum Gasteiger partial charge on any atom is 0.352 e. The van der Waals surface area contributed by atoms with Gasteiger partial charge in [0.1, 0.15) is 0 Å². The maximum absolute atomic E-state index is 13.9. The number of benzene rings is 1. The second-order valence-corrected chi connectivity index (χ2v) is 11.8. The van der Waals surface area contributed by atoms with Crippen LogP contribution >= 0.6 is 34.7 Å². The molecule has 1 fully saturated rings. The van der Waals surface area contributed by atoms with Crippen molar-refractivity contribution in [2.24, 2.45) is 11.8 Å². The lowest BCUT2D eigenvalue weighted by Gasteiger charge is -2.22. The van der Waals surface area contributed by atoms with E-state index in [0.717, 1.165) is 74.0 Å². The summed E-state index contributed by atoms with van der Waals surface area (Å²) in [4.78, 5) is 16.6. The molecule has 0 bridgehead atoms. The standard InChI is InChI=1S/C26H35ClFNO3S2/c1-3-4-5-11-22(30)18-9-6-10-19(15-18)33-16-20-17(13-14-21(20)27)8-7-12-23-29-25(28)24(34-23)26(31)32-2/h6,9-10,15,17,20-22,30H,3-5,7-8,11-14,16H2,1-2H3/t17-,20?,21?,22?/m0/s1. The molecule has 0 spiro atoms. The molecule has 1 aliphatic rings. The lowest BCUT2D eigenvalue weighted by Crippen LogP contribution is -2.18. The van der Waals surface area contributed by atoms with Crippen LogP contribution in [0.25, 0.3) is 0 Å².